The van der Waals surface area contributed by atoms with E-state index in [0.29, 0.717) is 5.95 Å². The Morgan fingerprint density at radius 3 is 2.72 bits per heavy atom. The molecular formula is C13H18N4O. The van der Waals surface area contributed by atoms with E-state index in [4.69, 9.17) is 10.5 Å². The van der Waals surface area contributed by atoms with Crippen LogP contribution >= 0.6 is 0 Å². The van der Waals surface area contributed by atoms with Crippen molar-refractivity contribution in [3.05, 3.63) is 18.2 Å². The molecule has 0 spiro atoms. The van der Waals surface area contributed by atoms with Gasteiger partial charge >= 0.3 is 0 Å². The summed E-state index contributed by atoms with van der Waals surface area (Å²) in [5.41, 5.74) is 7.92. The van der Waals surface area contributed by atoms with Gasteiger partial charge < -0.3 is 15.5 Å². The highest BCUT2D eigenvalue weighted by Gasteiger charge is 2.18. The summed E-state index contributed by atoms with van der Waals surface area (Å²) in [5, 5.41) is 2.27. The Bertz CT molecular complexity index is 557. The summed E-state index contributed by atoms with van der Waals surface area (Å²) in [5.74, 6) is 1.31. The number of para-hydroxylation sites is 1. The molecule has 0 atom stereocenters. The van der Waals surface area contributed by atoms with E-state index in [1.165, 1.54) is 19.3 Å². The summed E-state index contributed by atoms with van der Waals surface area (Å²) in [6, 6.07) is 5.92. The van der Waals surface area contributed by atoms with Gasteiger partial charge in [0, 0.05) is 13.1 Å². The smallest absolute Gasteiger partial charge is 0.220 e. The number of aromatic nitrogens is 2. The van der Waals surface area contributed by atoms with E-state index in [-0.39, 0.29) is 0 Å². The summed E-state index contributed by atoms with van der Waals surface area (Å²) in [6.07, 6.45) is 3.72. The third-order valence-corrected chi connectivity index (χ3v) is 3.48. The number of piperidine rings is 1. The summed E-state index contributed by atoms with van der Waals surface area (Å²) in [7, 11) is 1.66. The summed E-state index contributed by atoms with van der Waals surface area (Å²) in [6.45, 7) is 2.07. The van der Waals surface area contributed by atoms with E-state index in [9.17, 15) is 0 Å². The summed E-state index contributed by atoms with van der Waals surface area (Å²) >= 11 is 0. The van der Waals surface area contributed by atoms with E-state index >= 15 is 0 Å². The second-order valence-electron chi connectivity index (χ2n) is 4.62. The quantitative estimate of drug-likeness (QED) is 0.877. The first-order chi connectivity index (χ1) is 8.81. The molecule has 0 saturated carbocycles. The molecule has 96 valence electrons. The average Bonchev–Trinajstić information content (AvgIpc) is 2.75. The molecule has 2 heterocycles. The Hall–Kier alpha value is -1.91. The third kappa shape index (κ3) is 1.66. The molecule has 1 aromatic carbocycles. The van der Waals surface area contributed by atoms with Crippen LogP contribution in [0.15, 0.2) is 18.2 Å². The van der Waals surface area contributed by atoms with Crippen molar-refractivity contribution in [3.63, 3.8) is 0 Å². The van der Waals surface area contributed by atoms with Crippen LogP contribution in [0.2, 0.25) is 0 Å². The molecule has 3 rings (SSSR count). The molecule has 1 saturated heterocycles. The summed E-state index contributed by atoms with van der Waals surface area (Å²) in [4.78, 5) is 4.43. The maximum Gasteiger partial charge on any atom is 0.220 e. The van der Waals surface area contributed by atoms with Gasteiger partial charge in [-0.1, -0.05) is 6.07 Å². The zero-order valence-corrected chi connectivity index (χ0v) is 10.6. The number of nitrogen functional groups attached to an aromatic ring is 1. The van der Waals surface area contributed by atoms with Crippen molar-refractivity contribution < 1.29 is 4.74 Å². The molecule has 0 radical (unpaired) electrons. The van der Waals surface area contributed by atoms with Gasteiger partial charge in [-0.2, -0.15) is 0 Å². The second-order valence-corrected chi connectivity index (χ2v) is 4.62. The molecule has 0 aliphatic carbocycles. The lowest BCUT2D eigenvalue weighted by Gasteiger charge is -2.30. The van der Waals surface area contributed by atoms with Crippen molar-refractivity contribution >= 4 is 17.0 Å². The zero-order chi connectivity index (χ0) is 12.5. The van der Waals surface area contributed by atoms with Crippen LogP contribution in [0.5, 0.6) is 5.75 Å². The maximum atomic E-state index is 6.06. The van der Waals surface area contributed by atoms with Gasteiger partial charge in [-0.05, 0) is 31.4 Å². The highest BCUT2D eigenvalue weighted by molar-refractivity contribution is 5.84. The number of imidazole rings is 1. The van der Waals surface area contributed by atoms with Gasteiger partial charge in [0.2, 0.25) is 5.95 Å². The molecule has 18 heavy (non-hydrogen) atoms. The first-order valence-electron chi connectivity index (χ1n) is 6.37. The van der Waals surface area contributed by atoms with Crippen molar-refractivity contribution in [1.29, 1.82) is 0 Å². The van der Waals surface area contributed by atoms with Crippen molar-refractivity contribution in [2.24, 2.45) is 0 Å². The zero-order valence-electron chi connectivity index (χ0n) is 10.6. The van der Waals surface area contributed by atoms with E-state index < -0.39 is 0 Å². The molecule has 0 amide bonds. The lowest BCUT2D eigenvalue weighted by atomic mass is 10.2. The number of ether oxygens (including phenoxy) is 1. The molecule has 1 aliphatic heterocycles. The van der Waals surface area contributed by atoms with Gasteiger partial charge in [-0.3, -0.25) is 0 Å². The summed E-state index contributed by atoms with van der Waals surface area (Å²) < 4.78 is 7.36. The number of hydrogen-bond donors (Lipinski definition) is 1. The van der Waals surface area contributed by atoms with Crippen molar-refractivity contribution in [2.45, 2.75) is 19.3 Å². The van der Waals surface area contributed by atoms with E-state index in [1.54, 1.807) is 7.11 Å². The molecule has 0 bridgehead atoms. The number of rotatable bonds is 2. The molecule has 1 aliphatic rings. The van der Waals surface area contributed by atoms with Crippen LogP contribution in [0.4, 0.5) is 5.95 Å². The van der Waals surface area contributed by atoms with Crippen LogP contribution in [0.1, 0.15) is 19.3 Å². The fourth-order valence-electron chi connectivity index (χ4n) is 2.62. The topological polar surface area (TPSA) is 56.3 Å². The SMILES string of the molecule is COc1cccc2c1nc(N)n2N1CCCCC1. The Morgan fingerprint density at radius 1 is 1.22 bits per heavy atom. The second kappa shape index (κ2) is 4.40. The van der Waals surface area contributed by atoms with E-state index in [0.717, 1.165) is 29.9 Å². The first-order valence-corrected chi connectivity index (χ1v) is 6.37. The molecule has 2 aromatic rings. The number of methoxy groups -OCH3 is 1. The van der Waals surface area contributed by atoms with Gasteiger partial charge in [-0.25, -0.2) is 9.66 Å². The average molecular weight is 246 g/mol. The van der Waals surface area contributed by atoms with Crippen LogP contribution in [0, 0.1) is 0 Å². The predicted molar refractivity (Wildman–Crippen MR) is 72.5 cm³/mol. The fraction of sp³-hybridized carbons (Fsp3) is 0.462. The standard InChI is InChI=1S/C13H18N4O/c1-18-11-7-5-6-10-12(11)15-13(14)17(10)16-8-3-2-4-9-16/h5-7H,2-4,8-9H2,1H3,(H2,14,15). The molecule has 5 heteroatoms. The Labute approximate surface area is 106 Å². The molecular weight excluding hydrogens is 228 g/mol. The molecule has 1 fully saturated rings. The van der Waals surface area contributed by atoms with Gasteiger partial charge in [0.15, 0.2) is 0 Å². The minimum absolute atomic E-state index is 0.538. The van der Waals surface area contributed by atoms with Crippen LogP contribution in [-0.4, -0.2) is 29.9 Å². The molecule has 1 aromatic heterocycles. The molecule has 2 N–H and O–H groups in total. The highest BCUT2D eigenvalue weighted by atomic mass is 16.5. The minimum atomic E-state index is 0.538. The first kappa shape index (κ1) is 11.2. The minimum Gasteiger partial charge on any atom is -0.494 e. The van der Waals surface area contributed by atoms with Crippen LogP contribution < -0.4 is 15.5 Å². The van der Waals surface area contributed by atoms with Gasteiger partial charge in [0.05, 0.1) is 12.6 Å². The number of nitrogens with zero attached hydrogens (tertiary/aromatic N) is 3. The van der Waals surface area contributed by atoms with Crippen LogP contribution in [0.25, 0.3) is 11.0 Å². The number of nitrogens with two attached hydrogens (primary N) is 1. The number of anilines is 1. The van der Waals surface area contributed by atoms with E-state index in [1.807, 2.05) is 22.9 Å². The van der Waals surface area contributed by atoms with Crippen molar-refractivity contribution in [1.82, 2.24) is 9.66 Å². The van der Waals surface area contributed by atoms with Crippen molar-refractivity contribution in [2.75, 3.05) is 30.9 Å². The lowest BCUT2D eigenvalue weighted by Crippen LogP contribution is -2.39. The fourth-order valence-corrected chi connectivity index (χ4v) is 2.62. The highest BCUT2D eigenvalue weighted by Crippen LogP contribution is 2.27. The van der Waals surface area contributed by atoms with Gasteiger partial charge in [0.1, 0.15) is 11.3 Å². The van der Waals surface area contributed by atoms with Crippen LogP contribution in [0.3, 0.4) is 0 Å². The normalized spacial score (nSPS) is 16.2. The predicted octanol–water partition coefficient (Wildman–Crippen LogP) is 1.75. The Balaban J connectivity index is 2.13. The van der Waals surface area contributed by atoms with Gasteiger partial charge in [-0.15, -0.1) is 0 Å². The molecule has 0 unspecified atom stereocenters. The van der Waals surface area contributed by atoms with Gasteiger partial charge in [0.25, 0.3) is 0 Å². The monoisotopic (exact) mass is 246 g/mol. The Morgan fingerprint density at radius 2 is 2.00 bits per heavy atom. The van der Waals surface area contributed by atoms with Crippen LogP contribution in [-0.2, 0) is 0 Å². The lowest BCUT2D eigenvalue weighted by molar-refractivity contribution is 0.419. The molecule has 5 nitrogen and oxygen atoms in total. The Kier molecular flexibility index (Phi) is 2.74. The van der Waals surface area contributed by atoms with E-state index in [2.05, 4.69) is 9.99 Å². The van der Waals surface area contributed by atoms with Crippen molar-refractivity contribution in [3.8, 4) is 5.75 Å². The number of fused-ring (bicyclic) bond motifs is 1. The number of benzene rings is 1. The largest absolute Gasteiger partial charge is 0.494 e. The maximum absolute atomic E-state index is 6.06. The number of hydrogen-bond acceptors (Lipinski definition) is 4. The third-order valence-electron chi connectivity index (χ3n) is 3.48.